The van der Waals surface area contributed by atoms with Crippen LogP contribution in [-0.2, 0) is 5.33 Å². The van der Waals surface area contributed by atoms with Crippen molar-refractivity contribution in [3.8, 4) is 0 Å². The van der Waals surface area contributed by atoms with Gasteiger partial charge in [-0.1, -0.05) is 33.6 Å². The van der Waals surface area contributed by atoms with Crippen molar-refractivity contribution in [2.45, 2.75) is 31.6 Å². The molecular formula is C15H22BrClN2. The molecule has 106 valence electrons. The number of nitrogens with zero attached hydrogens (tertiary/aromatic N) is 2. The van der Waals surface area contributed by atoms with E-state index in [0.717, 1.165) is 36.5 Å². The number of halogens is 2. The summed E-state index contributed by atoms with van der Waals surface area (Å²) in [5.41, 5.74) is 2.74. The first-order valence-corrected chi connectivity index (χ1v) is 8.27. The molecule has 1 saturated heterocycles. The Morgan fingerprint density at radius 3 is 2.32 bits per heavy atom. The monoisotopic (exact) mass is 344 g/mol. The third-order valence-corrected chi connectivity index (χ3v) is 4.71. The van der Waals surface area contributed by atoms with Gasteiger partial charge < -0.3 is 4.90 Å². The fourth-order valence-corrected chi connectivity index (χ4v) is 3.58. The van der Waals surface area contributed by atoms with Crippen LogP contribution in [0.2, 0.25) is 5.02 Å². The average molecular weight is 346 g/mol. The number of benzene rings is 1. The standard InChI is InChI=1S/C15H22BrClN2/c1-15(2,3)19-9-7-18(8-10-19)14-6-4-5-13(17)12(14)11-16/h4-6H,7-11H2,1-3H3. The second kappa shape index (κ2) is 6.02. The predicted molar refractivity (Wildman–Crippen MR) is 87.6 cm³/mol. The van der Waals surface area contributed by atoms with Crippen molar-refractivity contribution in [2.24, 2.45) is 0 Å². The van der Waals surface area contributed by atoms with Gasteiger partial charge in [0, 0.05) is 53.3 Å². The van der Waals surface area contributed by atoms with E-state index in [2.05, 4.69) is 52.6 Å². The Morgan fingerprint density at radius 1 is 1.16 bits per heavy atom. The van der Waals surface area contributed by atoms with Crippen LogP contribution in [0.15, 0.2) is 18.2 Å². The molecular weight excluding hydrogens is 324 g/mol. The van der Waals surface area contributed by atoms with E-state index in [1.807, 2.05) is 12.1 Å². The molecule has 0 amide bonds. The normalized spacial score (nSPS) is 17.8. The fraction of sp³-hybridized carbons (Fsp3) is 0.600. The Hall–Kier alpha value is -0.250. The lowest BCUT2D eigenvalue weighted by atomic mass is 10.0. The van der Waals surface area contributed by atoms with Gasteiger partial charge in [0.05, 0.1) is 0 Å². The van der Waals surface area contributed by atoms with Crippen LogP contribution in [0.25, 0.3) is 0 Å². The fourth-order valence-electron chi connectivity index (χ4n) is 2.59. The summed E-state index contributed by atoms with van der Waals surface area (Å²) in [6.45, 7) is 11.2. The van der Waals surface area contributed by atoms with Crippen molar-refractivity contribution in [1.29, 1.82) is 0 Å². The lowest BCUT2D eigenvalue weighted by Gasteiger charge is -2.43. The molecule has 2 nitrogen and oxygen atoms in total. The van der Waals surface area contributed by atoms with Gasteiger partial charge in [0.25, 0.3) is 0 Å². The molecule has 1 heterocycles. The topological polar surface area (TPSA) is 6.48 Å². The van der Waals surface area contributed by atoms with E-state index in [-0.39, 0.29) is 5.54 Å². The Kier molecular flexibility index (Phi) is 4.80. The molecule has 1 aliphatic rings. The van der Waals surface area contributed by atoms with Crippen molar-refractivity contribution in [2.75, 3.05) is 31.1 Å². The molecule has 0 aromatic heterocycles. The van der Waals surface area contributed by atoms with Gasteiger partial charge >= 0.3 is 0 Å². The summed E-state index contributed by atoms with van der Waals surface area (Å²) in [7, 11) is 0. The van der Waals surface area contributed by atoms with Gasteiger partial charge in [-0.3, -0.25) is 4.90 Å². The average Bonchev–Trinajstić information content (AvgIpc) is 2.37. The van der Waals surface area contributed by atoms with Crippen LogP contribution in [-0.4, -0.2) is 36.6 Å². The Morgan fingerprint density at radius 2 is 1.79 bits per heavy atom. The summed E-state index contributed by atoms with van der Waals surface area (Å²) in [5, 5.41) is 1.66. The van der Waals surface area contributed by atoms with Crippen LogP contribution in [0.3, 0.4) is 0 Å². The second-order valence-corrected chi connectivity index (χ2v) is 6.98. The zero-order chi connectivity index (χ0) is 14.0. The third kappa shape index (κ3) is 3.45. The van der Waals surface area contributed by atoms with E-state index in [4.69, 9.17) is 11.6 Å². The smallest absolute Gasteiger partial charge is 0.0467 e. The minimum atomic E-state index is 0.263. The highest BCUT2D eigenvalue weighted by Gasteiger charge is 2.26. The molecule has 1 aromatic carbocycles. The van der Waals surface area contributed by atoms with Crippen molar-refractivity contribution >= 4 is 33.2 Å². The van der Waals surface area contributed by atoms with Gasteiger partial charge in [-0.25, -0.2) is 0 Å². The van der Waals surface area contributed by atoms with Gasteiger partial charge in [-0.05, 0) is 32.9 Å². The van der Waals surface area contributed by atoms with Gasteiger partial charge in [-0.15, -0.1) is 0 Å². The van der Waals surface area contributed by atoms with Crippen LogP contribution in [0.4, 0.5) is 5.69 Å². The van der Waals surface area contributed by atoms with Crippen LogP contribution in [0.1, 0.15) is 26.3 Å². The predicted octanol–water partition coefficient (Wildman–Crippen LogP) is 4.16. The first kappa shape index (κ1) is 15.1. The number of hydrogen-bond donors (Lipinski definition) is 0. The highest BCUT2D eigenvalue weighted by atomic mass is 79.9. The van der Waals surface area contributed by atoms with Gasteiger partial charge in [0.2, 0.25) is 0 Å². The molecule has 0 N–H and O–H groups in total. The maximum absolute atomic E-state index is 6.28. The number of rotatable bonds is 2. The Balaban J connectivity index is 2.12. The summed E-state index contributed by atoms with van der Waals surface area (Å²) in [4.78, 5) is 4.99. The van der Waals surface area contributed by atoms with Crippen molar-refractivity contribution < 1.29 is 0 Å². The zero-order valence-corrected chi connectivity index (χ0v) is 14.3. The van der Waals surface area contributed by atoms with Gasteiger partial charge in [0.15, 0.2) is 0 Å². The summed E-state index contributed by atoms with van der Waals surface area (Å²) >= 11 is 9.83. The minimum Gasteiger partial charge on any atom is -0.369 e. The maximum Gasteiger partial charge on any atom is 0.0467 e. The van der Waals surface area contributed by atoms with Crippen LogP contribution < -0.4 is 4.90 Å². The van der Waals surface area contributed by atoms with E-state index in [1.54, 1.807) is 0 Å². The molecule has 4 heteroatoms. The lowest BCUT2D eigenvalue weighted by molar-refractivity contribution is 0.128. The molecule has 2 rings (SSSR count). The van der Waals surface area contributed by atoms with E-state index in [1.165, 1.54) is 11.3 Å². The van der Waals surface area contributed by atoms with E-state index >= 15 is 0 Å². The SMILES string of the molecule is CC(C)(C)N1CCN(c2cccc(Cl)c2CBr)CC1. The number of anilines is 1. The summed E-state index contributed by atoms with van der Waals surface area (Å²) in [6, 6.07) is 6.18. The van der Waals surface area contributed by atoms with Crippen molar-refractivity contribution in [3.63, 3.8) is 0 Å². The minimum absolute atomic E-state index is 0.263. The highest BCUT2D eigenvalue weighted by Crippen LogP contribution is 2.30. The summed E-state index contributed by atoms with van der Waals surface area (Å²) in [6.07, 6.45) is 0. The number of hydrogen-bond acceptors (Lipinski definition) is 2. The van der Waals surface area contributed by atoms with Gasteiger partial charge in [0.1, 0.15) is 0 Å². The van der Waals surface area contributed by atoms with E-state index < -0.39 is 0 Å². The third-order valence-electron chi connectivity index (χ3n) is 3.80. The molecule has 1 aromatic rings. The molecule has 0 spiro atoms. The molecule has 1 aliphatic heterocycles. The number of alkyl halides is 1. The van der Waals surface area contributed by atoms with E-state index in [9.17, 15) is 0 Å². The Labute approximate surface area is 129 Å². The summed E-state index contributed by atoms with van der Waals surface area (Å²) < 4.78 is 0. The quantitative estimate of drug-likeness (QED) is 0.743. The zero-order valence-electron chi connectivity index (χ0n) is 11.9. The summed E-state index contributed by atoms with van der Waals surface area (Å²) in [5.74, 6) is 0. The molecule has 0 saturated carbocycles. The van der Waals surface area contributed by atoms with Crippen molar-refractivity contribution in [1.82, 2.24) is 4.90 Å². The second-order valence-electron chi connectivity index (χ2n) is 6.02. The van der Waals surface area contributed by atoms with E-state index in [0.29, 0.717) is 0 Å². The van der Waals surface area contributed by atoms with Crippen molar-refractivity contribution in [3.05, 3.63) is 28.8 Å². The lowest BCUT2D eigenvalue weighted by Crippen LogP contribution is -2.53. The van der Waals surface area contributed by atoms with Gasteiger partial charge in [-0.2, -0.15) is 0 Å². The van der Waals surface area contributed by atoms with Crippen LogP contribution >= 0.6 is 27.5 Å². The molecule has 0 aliphatic carbocycles. The molecule has 0 atom stereocenters. The highest BCUT2D eigenvalue weighted by molar-refractivity contribution is 9.08. The van der Waals surface area contributed by atoms with Crippen LogP contribution in [0.5, 0.6) is 0 Å². The largest absolute Gasteiger partial charge is 0.369 e. The Bertz CT molecular complexity index is 434. The molecule has 19 heavy (non-hydrogen) atoms. The van der Waals surface area contributed by atoms with Crippen LogP contribution in [0, 0.1) is 0 Å². The molecule has 0 radical (unpaired) electrons. The first-order valence-electron chi connectivity index (χ1n) is 6.77. The maximum atomic E-state index is 6.28. The molecule has 1 fully saturated rings. The molecule has 0 unspecified atom stereocenters. The number of piperazine rings is 1. The molecule has 0 bridgehead atoms. The first-order chi connectivity index (χ1) is 8.93.